The van der Waals surface area contributed by atoms with Gasteiger partial charge < -0.3 is 5.11 Å². The molecule has 0 radical (unpaired) electrons. The van der Waals surface area contributed by atoms with Gasteiger partial charge in [0.15, 0.2) is 0 Å². The van der Waals surface area contributed by atoms with E-state index in [0.717, 1.165) is 6.42 Å². The summed E-state index contributed by atoms with van der Waals surface area (Å²) in [6.07, 6.45) is 13.3. The van der Waals surface area contributed by atoms with E-state index in [9.17, 15) is 0 Å². The van der Waals surface area contributed by atoms with Crippen LogP contribution < -0.4 is 0 Å². The lowest BCUT2D eigenvalue weighted by Gasteiger charge is -2.00. The summed E-state index contributed by atoms with van der Waals surface area (Å²) in [5.41, 5.74) is 0. The fourth-order valence-corrected chi connectivity index (χ4v) is 1.79. The Balaban J connectivity index is 0.000000428. The molecule has 20 heavy (non-hydrogen) atoms. The Morgan fingerprint density at radius 2 is 1.10 bits per heavy atom. The van der Waals surface area contributed by atoms with Crippen molar-refractivity contribution in [2.75, 3.05) is 19.8 Å². The molecule has 6 nitrogen and oxygen atoms in total. The summed E-state index contributed by atoms with van der Waals surface area (Å²) < 4.78 is 0. The molecular weight excluding hydrogens is 264 g/mol. The van der Waals surface area contributed by atoms with E-state index < -0.39 is 0 Å². The molecular formula is C14H30O6. The van der Waals surface area contributed by atoms with Gasteiger partial charge in [-0.25, -0.2) is 9.78 Å². The van der Waals surface area contributed by atoms with Crippen LogP contribution in [-0.2, 0) is 24.9 Å². The van der Waals surface area contributed by atoms with Gasteiger partial charge in [-0.15, -0.1) is 0 Å². The van der Waals surface area contributed by atoms with Crippen LogP contribution in [-0.4, -0.2) is 24.9 Å². The summed E-state index contributed by atoms with van der Waals surface area (Å²) in [5.74, 6) is 0. The molecule has 1 N–H and O–H groups in total. The predicted octanol–water partition coefficient (Wildman–Crippen LogP) is 3.64. The van der Waals surface area contributed by atoms with Crippen LogP contribution in [0.2, 0.25) is 0 Å². The topological polar surface area (TPSA) is 66.4 Å². The molecule has 1 rings (SSSR count). The van der Waals surface area contributed by atoms with Crippen LogP contribution in [0.5, 0.6) is 0 Å². The summed E-state index contributed by atoms with van der Waals surface area (Å²) in [5, 5.41) is 20.0. The molecule has 0 aromatic carbocycles. The standard InChI is InChI=1S/C12H26O.C2H4O5/c1-2-3-4-5-6-7-8-9-10-11-12-13;1-2-4-6-7-5-3-1/h13H,2-12H2,1H3;1-2H2. The molecule has 122 valence electrons. The highest BCUT2D eigenvalue weighted by atomic mass is 17.8. The summed E-state index contributed by atoms with van der Waals surface area (Å²) in [4.78, 5) is 8.44. The summed E-state index contributed by atoms with van der Waals surface area (Å²) in [6, 6.07) is 0. The maximum absolute atomic E-state index is 8.57. The predicted molar refractivity (Wildman–Crippen MR) is 74.1 cm³/mol. The Labute approximate surface area is 122 Å². The van der Waals surface area contributed by atoms with Gasteiger partial charge in [0.25, 0.3) is 0 Å². The second kappa shape index (κ2) is 18.8. The minimum absolute atomic E-state index is 0.306. The first-order chi connectivity index (χ1) is 9.91. The molecule has 0 atom stereocenters. The van der Waals surface area contributed by atoms with Crippen molar-refractivity contribution in [1.29, 1.82) is 0 Å². The van der Waals surface area contributed by atoms with E-state index in [0.29, 0.717) is 19.8 Å². The zero-order chi connectivity index (χ0) is 14.7. The summed E-state index contributed by atoms with van der Waals surface area (Å²) in [7, 11) is 0. The van der Waals surface area contributed by atoms with Gasteiger partial charge in [0, 0.05) is 6.61 Å². The van der Waals surface area contributed by atoms with Crippen LogP contribution in [0.4, 0.5) is 0 Å². The number of aliphatic hydroxyl groups is 1. The van der Waals surface area contributed by atoms with Gasteiger partial charge in [0.2, 0.25) is 0 Å². The molecule has 0 aliphatic carbocycles. The average Bonchev–Trinajstić information content (AvgIpc) is 2.79. The fourth-order valence-electron chi connectivity index (χ4n) is 1.79. The van der Waals surface area contributed by atoms with Gasteiger partial charge in [0.05, 0.1) is 0 Å². The molecule has 0 unspecified atom stereocenters. The van der Waals surface area contributed by atoms with E-state index in [1.807, 2.05) is 0 Å². The molecule has 1 aliphatic heterocycles. The number of hydrogen-bond donors (Lipinski definition) is 1. The fraction of sp³-hybridized carbons (Fsp3) is 1.00. The van der Waals surface area contributed by atoms with E-state index in [-0.39, 0.29) is 0 Å². The van der Waals surface area contributed by atoms with Crippen LogP contribution in [0.3, 0.4) is 0 Å². The van der Waals surface area contributed by atoms with E-state index in [2.05, 4.69) is 31.8 Å². The Kier molecular flexibility index (Phi) is 18.5. The van der Waals surface area contributed by atoms with Crippen LogP contribution in [0.25, 0.3) is 0 Å². The molecule has 1 fully saturated rings. The number of hydrogen-bond acceptors (Lipinski definition) is 6. The molecule has 0 amide bonds. The third-order valence-corrected chi connectivity index (χ3v) is 2.91. The van der Waals surface area contributed by atoms with E-state index in [1.54, 1.807) is 0 Å². The second-order valence-corrected chi connectivity index (χ2v) is 4.75. The van der Waals surface area contributed by atoms with Gasteiger partial charge in [-0.1, -0.05) is 64.7 Å². The lowest BCUT2D eigenvalue weighted by molar-refractivity contribution is -0.688. The molecule has 0 aromatic rings. The molecule has 6 heteroatoms. The highest BCUT2D eigenvalue weighted by molar-refractivity contribution is 4.46. The Hall–Kier alpha value is -0.240. The number of unbranched alkanes of at least 4 members (excludes halogenated alkanes) is 9. The molecule has 0 saturated carbocycles. The number of rotatable bonds is 10. The monoisotopic (exact) mass is 294 g/mol. The van der Waals surface area contributed by atoms with E-state index in [4.69, 9.17) is 5.11 Å². The largest absolute Gasteiger partial charge is 0.396 e. The third-order valence-electron chi connectivity index (χ3n) is 2.91. The first-order valence-corrected chi connectivity index (χ1v) is 7.77. The lowest BCUT2D eigenvalue weighted by Crippen LogP contribution is -1.95. The van der Waals surface area contributed by atoms with Crippen molar-refractivity contribution in [3.63, 3.8) is 0 Å². The van der Waals surface area contributed by atoms with Crippen LogP contribution in [0.15, 0.2) is 0 Å². The zero-order valence-electron chi connectivity index (χ0n) is 12.7. The van der Waals surface area contributed by atoms with Crippen molar-refractivity contribution < 1.29 is 30.0 Å². The maximum atomic E-state index is 8.57. The van der Waals surface area contributed by atoms with Crippen LogP contribution >= 0.6 is 0 Å². The molecule has 1 aliphatic rings. The van der Waals surface area contributed by atoms with Crippen molar-refractivity contribution in [2.24, 2.45) is 0 Å². The molecule has 0 bridgehead atoms. The zero-order valence-corrected chi connectivity index (χ0v) is 12.7. The molecule has 0 spiro atoms. The van der Waals surface area contributed by atoms with Crippen molar-refractivity contribution in [3.8, 4) is 0 Å². The third kappa shape index (κ3) is 17.8. The highest BCUT2D eigenvalue weighted by Gasteiger charge is 1.98. The summed E-state index contributed by atoms with van der Waals surface area (Å²) in [6.45, 7) is 3.24. The molecule has 0 aromatic heterocycles. The Morgan fingerprint density at radius 1 is 0.650 bits per heavy atom. The lowest BCUT2D eigenvalue weighted by atomic mass is 10.1. The molecule has 1 saturated heterocycles. The average molecular weight is 294 g/mol. The Morgan fingerprint density at radius 3 is 1.55 bits per heavy atom. The van der Waals surface area contributed by atoms with Crippen molar-refractivity contribution >= 4 is 0 Å². The Bertz CT molecular complexity index is 138. The van der Waals surface area contributed by atoms with E-state index >= 15 is 0 Å². The van der Waals surface area contributed by atoms with Crippen LogP contribution in [0.1, 0.15) is 71.1 Å². The van der Waals surface area contributed by atoms with Gasteiger partial charge in [-0.3, -0.25) is 0 Å². The normalized spacial score (nSPS) is 15.3. The maximum Gasteiger partial charge on any atom is 0.112 e. The van der Waals surface area contributed by atoms with Crippen LogP contribution in [0, 0.1) is 0 Å². The van der Waals surface area contributed by atoms with Crippen molar-refractivity contribution in [2.45, 2.75) is 71.1 Å². The van der Waals surface area contributed by atoms with Gasteiger partial charge >= 0.3 is 0 Å². The first kappa shape index (κ1) is 19.8. The van der Waals surface area contributed by atoms with Crippen molar-refractivity contribution in [1.82, 2.24) is 0 Å². The van der Waals surface area contributed by atoms with Gasteiger partial charge in [-0.2, -0.15) is 0 Å². The second-order valence-electron chi connectivity index (χ2n) is 4.75. The SMILES string of the molecule is C1COOOOO1.CCCCCCCCCCCCO. The van der Waals surface area contributed by atoms with E-state index in [1.165, 1.54) is 57.8 Å². The van der Waals surface area contributed by atoms with Gasteiger partial charge in [-0.05, 0) is 21.5 Å². The summed E-state index contributed by atoms with van der Waals surface area (Å²) >= 11 is 0. The number of aliphatic hydroxyl groups excluding tert-OH is 1. The minimum Gasteiger partial charge on any atom is -0.396 e. The smallest absolute Gasteiger partial charge is 0.112 e. The van der Waals surface area contributed by atoms with Crippen molar-refractivity contribution in [3.05, 3.63) is 0 Å². The quantitative estimate of drug-likeness (QED) is 0.490. The minimum atomic E-state index is 0.306. The first-order valence-electron chi connectivity index (χ1n) is 7.77. The van der Waals surface area contributed by atoms with Gasteiger partial charge in [0.1, 0.15) is 13.2 Å². The molecule has 1 heterocycles. The highest BCUT2D eigenvalue weighted by Crippen LogP contribution is 2.09.